The maximum atomic E-state index is 12.2. The first-order valence-corrected chi connectivity index (χ1v) is 9.16. The van der Waals surface area contributed by atoms with Crippen LogP contribution in [0, 0.1) is 0 Å². The highest BCUT2D eigenvalue weighted by molar-refractivity contribution is 7.92. The minimum atomic E-state index is -3.40. The van der Waals surface area contributed by atoms with Crippen molar-refractivity contribution in [3.8, 4) is 0 Å². The average molecular weight is 332 g/mol. The van der Waals surface area contributed by atoms with Crippen LogP contribution in [0.3, 0.4) is 0 Å². The molecule has 2 N–H and O–H groups in total. The average Bonchev–Trinajstić information content (AvgIpc) is 2.48. The Morgan fingerprint density at radius 3 is 2.17 bits per heavy atom. The van der Waals surface area contributed by atoms with Crippen molar-refractivity contribution in [1.82, 2.24) is 0 Å². The number of benzene rings is 2. The van der Waals surface area contributed by atoms with E-state index < -0.39 is 10.0 Å². The molecule has 0 aliphatic heterocycles. The van der Waals surface area contributed by atoms with Gasteiger partial charge in [-0.25, -0.2) is 8.42 Å². The van der Waals surface area contributed by atoms with E-state index in [-0.39, 0.29) is 11.8 Å². The number of rotatable bonds is 6. The van der Waals surface area contributed by atoms with Gasteiger partial charge in [-0.3, -0.25) is 9.52 Å². The van der Waals surface area contributed by atoms with Gasteiger partial charge in [0.1, 0.15) is 0 Å². The number of nitrogens with one attached hydrogen (secondary N) is 2. The summed E-state index contributed by atoms with van der Waals surface area (Å²) in [5, 5.41) is 2.77. The summed E-state index contributed by atoms with van der Waals surface area (Å²) in [6.45, 7) is 1.98. The van der Waals surface area contributed by atoms with Crippen LogP contribution in [-0.4, -0.2) is 20.6 Å². The van der Waals surface area contributed by atoms with Gasteiger partial charge in [0.15, 0.2) is 0 Å². The molecule has 0 spiro atoms. The molecule has 0 saturated heterocycles. The van der Waals surface area contributed by atoms with Crippen molar-refractivity contribution in [3.05, 3.63) is 60.2 Å². The molecule has 2 aromatic rings. The largest absolute Gasteiger partial charge is 0.324 e. The van der Waals surface area contributed by atoms with Crippen molar-refractivity contribution in [2.24, 2.45) is 0 Å². The van der Waals surface area contributed by atoms with Gasteiger partial charge in [-0.2, -0.15) is 0 Å². The summed E-state index contributed by atoms with van der Waals surface area (Å²) in [6, 6.07) is 16.5. The molecular weight excluding hydrogens is 312 g/mol. The SMILES string of the molecule is CC(CC(=O)Nc1ccccc1NS(C)(=O)=O)c1ccccc1. The lowest BCUT2D eigenvalue weighted by Gasteiger charge is -2.14. The molecule has 1 unspecified atom stereocenters. The standard InChI is InChI=1S/C17H20N2O3S/c1-13(14-8-4-3-5-9-14)12-17(20)18-15-10-6-7-11-16(15)19-23(2,21)22/h3-11,13,19H,12H2,1-2H3,(H,18,20). The lowest BCUT2D eigenvalue weighted by molar-refractivity contribution is -0.116. The fourth-order valence-corrected chi connectivity index (χ4v) is 2.84. The van der Waals surface area contributed by atoms with E-state index in [1.54, 1.807) is 24.3 Å². The molecule has 2 aromatic carbocycles. The Bertz CT molecular complexity index is 773. The van der Waals surface area contributed by atoms with E-state index in [9.17, 15) is 13.2 Å². The van der Waals surface area contributed by atoms with Crippen molar-refractivity contribution >= 4 is 27.3 Å². The molecule has 0 heterocycles. The number of carbonyl (C=O) groups excluding carboxylic acids is 1. The van der Waals surface area contributed by atoms with Crippen LogP contribution in [0.5, 0.6) is 0 Å². The molecule has 1 atom stereocenters. The zero-order chi connectivity index (χ0) is 16.9. The fraction of sp³-hybridized carbons (Fsp3) is 0.235. The summed E-state index contributed by atoms with van der Waals surface area (Å²) in [6.07, 6.45) is 1.39. The molecule has 0 saturated carbocycles. The summed E-state index contributed by atoms with van der Waals surface area (Å²) in [7, 11) is -3.40. The number of amides is 1. The van der Waals surface area contributed by atoms with Crippen molar-refractivity contribution in [3.63, 3.8) is 0 Å². The first-order chi connectivity index (χ1) is 10.8. The van der Waals surface area contributed by atoms with Crippen LogP contribution in [0.4, 0.5) is 11.4 Å². The third-order valence-corrected chi connectivity index (χ3v) is 3.95. The molecule has 0 aliphatic carbocycles. The molecule has 0 bridgehead atoms. The highest BCUT2D eigenvalue weighted by Crippen LogP contribution is 2.24. The highest BCUT2D eigenvalue weighted by atomic mass is 32.2. The van der Waals surface area contributed by atoms with Crippen LogP contribution < -0.4 is 10.0 Å². The van der Waals surface area contributed by atoms with Crippen molar-refractivity contribution < 1.29 is 13.2 Å². The van der Waals surface area contributed by atoms with Crippen molar-refractivity contribution in [1.29, 1.82) is 0 Å². The van der Waals surface area contributed by atoms with Gasteiger partial charge in [0.05, 0.1) is 17.6 Å². The number of sulfonamides is 1. The zero-order valence-corrected chi connectivity index (χ0v) is 13.9. The van der Waals surface area contributed by atoms with Crippen LogP contribution in [0.2, 0.25) is 0 Å². The third-order valence-electron chi connectivity index (χ3n) is 3.36. The smallest absolute Gasteiger partial charge is 0.229 e. The van der Waals surface area contributed by atoms with E-state index in [4.69, 9.17) is 0 Å². The van der Waals surface area contributed by atoms with Gasteiger partial charge in [0.2, 0.25) is 15.9 Å². The number of carbonyl (C=O) groups is 1. The predicted octanol–water partition coefficient (Wildman–Crippen LogP) is 3.19. The van der Waals surface area contributed by atoms with E-state index in [0.717, 1.165) is 11.8 Å². The molecule has 6 heteroatoms. The van der Waals surface area contributed by atoms with Gasteiger partial charge < -0.3 is 5.32 Å². The van der Waals surface area contributed by atoms with Gasteiger partial charge >= 0.3 is 0 Å². The maximum absolute atomic E-state index is 12.2. The zero-order valence-electron chi connectivity index (χ0n) is 13.1. The van der Waals surface area contributed by atoms with Crippen LogP contribution >= 0.6 is 0 Å². The minimum Gasteiger partial charge on any atom is -0.324 e. The van der Waals surface area contributed by atoms with E-state index >= 15 is 0 Å². The molecule has 0 radical (unpaired) electrons. The summed E-state index contributed by atoms with van der Waals surface area (Å²) in [5.74, 6) is -0.0877. The Labute approximate surface area is 136 Å². The Morgan fingerprint density at radius 2 is 1.57 bits per heavy atom. The van der Waals surface area contributed by atoms with E-state index in [1.807, 2.05) is 37.3 Å². The van der Waals surface area contributed by atoms with E-state index in [0.29, 0.717) is 17.8 Å². The van der Waals surface area contributed by atoms with Crippen molar-refractivity contribution in [2.45, 2.75) is 19.3 Å². The number of anilines is 2. The normalized spacial score (nSPS) is 12.4. The third kappa shape index (κ3) is 5.41. The Kier molecular flexibility index (Phi) is 5.39. The molecule has 0 fully saturated rings. The Balaban J connectivity index is 2.06. The fourth-order valence-electron chi connectivity index (χ4n) is 2.26. The summed E-state index contributed by atoms with van der Waals surface area (Å²) in [4.78, 5) is 12.2. The maximum Gasteiger partial charge on any atom is 0.229 e. The molecule has 5 nitrogen and oxygen atoms in total. The molecule has 0 aliphatic rings. The summed E-state index contributed by atoms with van der Waals surface area (Å²) < 4.78 is 25.2. The van der Waals surface area contributed by atoms with Gasteiger partial charge in [-0.05, 0) is 23.6 Å². The molecule has 0 aromatic heterocycles. The molecule has 122 valence electrons. The van der Waals surface area contributed by atoms with Crippen LogP contribution in [-0.2, 0) is 14.8 Å². The summed E-state index contributed by atoms with van der Waals surface area (Å²) in [5.41, 5.74) is 1.89. The van der Waals surface area contributed by atoms with E-state index in [2.05, 4.69) is 10.0 Å². The number of hydrogen-bond acceptors (Lipinski definition) is 3. The van der Waals surface area contributed by atoms with Crippen molar-refractivity contribution in [2.75, 3.05) is 16.3 Å². The molecule has 2 rings (SSSR count). The number of para-hydroxylation sites is 2. The second-order valence-electron chi connectivity index (χ2n) is 5.48. The predicted molar refractivity (Wildman–Crippen MR) is 93.0 cm³/mol. The molecule has 23 heavy (non-hydrogen) atoms. The number of hydrogen-bond donors (Lipinski definition) is 2. The Morgan fingerprint density at radius 1 is 1.00 bits per heavy atom. The first kappa shape index (κ1) is 17.0. The van der Waals surface area contributed by atoms with Gasteiger partial charge in [0.25, 0.3) is 0 Å². The topological polar surface area (TPSA) is 75.3 Å². The highest BCUT2D eigenvalue weighted by Gasteiger charge is 2.13. The Hall–Kier alpha value is -2.34. The van der Waals surface area contributed by atoms with Crippen LogP contribution in [0.1, 0.15) is 24.8 Å². The lowest BCUT2D eigenvalue weighted by Crippen LogP contribution is -2.17. The first-order valence-electron chi connectivity index (χ1n) is 7.27. The second-order valence-corrected chi connectivity index (χ2v) is 7.23. The molecular formula is C17H20N2O3S. The van der Waals surface area contributed by atoms with Crippen LogP contribution in [0.25, 0.3) is 0 Å². The van der Waals surface area contributed by atoms with Crippen LogP contribution in [0.15, 0.2) is 54.6 Å². The minimum absolute atomic E-state index is 0.0752. The second kappa shape index (κ2) is 7.28. The van der Waals surface area contributed by atoms with E-state index in [1.165, 1.54) is 0 Å². The lowest BCUT2D eigenvalue weighted by atomic mass is 9.97. The quantitative estimate of drug-likeness (QED) is 0.853. The monoisotopic (exact) mass is 332 g/mol. The van der Waals surface area contributed by atoms with Gasteiger partial charge in [0, 0.05) is 6.42 Å². The van der Waals surface area contributed by atoms with Gasteiger partial charge in [-0.15, -0.1) is 0 Å². The summed E-state index contributed by atoms with van der Waals surface area (Å²) >= 11 is 0. The molecule has 1 amide bonds. The van der Waals surface area contributed by atoms with Gasteiger partial charge in [-0.1, -0.05) is 49.4 Å².